The predicted octanol–water partition coefficient (Wildman–Crippen LogP) is 2.72. The van der Waals surface area contributed by atoms with Crippen LogP contribution >= 0.6 is 0 Å². The van der Waals surface area contributed by atoms with E-state index in [4.69, 9.17) is 10.2 Å². The number of amides is 2. The topological polar surface area (TPSA) is 132 Å². The van der Waals surface area contributed by atoms with E-state index >= 15 is 0 Å². The van der Waals surface area contributed by atoms with Gasteiger partial charge in [0, 0.05) is 17.5 Å². The SMILES string of the molecule is Cc1ccc(C2=NN(C(=O)Cn3nnc(-c4ccc(C(N)=O)cc4)n3)C(c3ccco3)C2)cc1. The number of nitrogens with zero attached hydrogens (tertiary/aromatic N) is 6. The van der Waals surface area contributed by atoms with E-state index in [9.17, 15) is 9.59 Å². The molecule has 1 atom stereocenters. The van der Waals surface area contributed by atoms with E-state index in [1.165, 1.54) is 9.81 Å². The number of rotatable bonds is 6. The third kappa shape index (κ3) is 4.20. The minimum atomic E-state index is -0.518. The molecular weight excluding hydrogens is 434 g/mol. The zero-order valence-electron chi connectivity index (χ0n) is 18.3. The minimum absolute atomic E-state index is 0.145. The molecule has 0 radical (unpaired) electrons. The van der Waals surface area contributed by atoms with Gasteiger partial charge in [-0.25, -0.2) is 5.01 Å². The zero-order chi connectivity index (χ0) is 23.7. The highest BCUT2D eigenvalue weighted by Crippen LogP contribution is 2.33. The van der Waals surface area contributed by atoms with Gasteiger partial charge in [0.25, 0.3) is 5.91 Å². The molecule has 4 aromatic rings. The largest absolute Gasteiger partial charge is 0.467 e. The van der Waals surface area contributed by atoms with Crippen LogP contribution in [0.3, 0.4) is 0 Å². The van der Waals surface area contributed by atoms with Crippen molar-refractivity contribution in [3.05, 3.63) is 89.4 Å². The van der Waals surface area contributed by atoms with E-state index in [-0.39, 0.29) is 18.5 Å². The fourth-order valence-electron chi connectivity index (χ4n) is 3.77. The van der Waals surface area contributed by atoms with Gasteiger partial charge in [0.15, 0.2) is 0 Å². The van der Waals surface area contributed by atoms with Gasteiger partial charge in [0.05, 0.1) is 12.0 Å². The summed E-state index contributed by atoms with van der Waals surface area (Å²) in [5.41, 5.74) is 9.21. The average Bonchev–Trinajstić information content (AvgIpc) is 3.60. The lowest BCUT2D eigenvalue weighted by atomic mass is 10.0. The number of tetrazole rings is 1. The molecule has 0 spiro atoms. The Labute approximate surface area is 194 Å². The van der Waals surface area contributed by atoms with Gasteiger partial charge in [-0.15, -0.1) is 10.2 Å². The molecule has 2 aromatic carbocycles. The first-order chi connectivity index (χ1) is 16.5. The minimum Gasteiger partial charge on any atom is -0.467 e. The van der Waals surface area contributed by atoms with E-state index in [1.54, 1.807) is 36.6 Å². The van der Waals surface area contributed by atoms with Crippen molar-refractivity contribution in [3.8, 4) is 11.4 Å². The lowest BCUT2D eigenvalue weighted by Crippen LogP contribution is -2.31. The Balaban J connectivity index is 1.37. The summed E-state index contributed by atoms with van der Waals surface area (Å²) in [5, 5.41) is 18.4. The molecule has 0 fully saturated rings. The molecule has 0 saturated heterocycles. The number of benzene rings is 2. The molecule has 34 heavy (non-hydrogen) atoms. The summed E-state index contributed by atoms with van der Waals surface area (Å²) in [6, 6.07) is 17.8. The van der Waals surface area contributed by atoms with Crippen molar-refractivity contribution >= 4 is 17.5 Å². The standard InChI is InChI=1S/C24H21N7O3/c1-15-4-6-16(7-5-15)19-13-20(21-3-2-12-34-21)31(27-19)22(32)14-30-28-24(26-29-30)18-10-8-17(9-11-18)23(25)33/h2-12,20H,13-14H2,1H3,(H2,25,33). The monoisotopic (exact) mass is 455 g/mol. The maximum Gasteiger partial charge on any atom is 0.267 e. The van der Waals surface area contributed by atoms with Crippen molar-refractivity contribution in [3.63, 3.8) is 0 Å². The van der Waals surface area contributed by atoms with Crippen LogP contribution in [0.25, 0.3) is 11.4 Å². The fourth-order valence-corrected chi connectivity index (χ4v) is 3.77. The lowest BCUT2D eigenvalue weighted by Gasteiger charge is -2.19. The molecule has 0 aliphatic carbocycles. The second kappa shape index (κ2) is 8.74. The van der Waals surface area contributed by atoms with Crippen LogP contribution in [0, 0.1) is 6.92 Å². The first kappa shape index (κ1) is 21.3. The Morgan fingerprint density at radius 1 is 1.06 bits per heavy atom. The van der Waals surface area contributed by atoms with Crippen LogP contribution in [0.1, 0.15) is 39.7 Å². The quantitative estimate of drug-likeness (QED) is 0.475. The molecule has 10 nitrogen and oxygen atoms in total. The van der Waals surface area contributed by atoms with Gasteiger partial charge in [-0.3, -0.25) is 9.59 Å². The highest BCUT2D eigenvalue weighted by atomic mass is 16.3. The van der Waals surface area contributed by atoms with Crippen molar-refractivity contribution in [2.24, 2.45) is 10.8 Å². The second-order valence-electron chi connectivity index (χ2n) is 7.97. The predicted molar refractivity (Wildman–Crippen MR) is 122 cm³/mol. The molecule has 3 heterocycles. The highest BCUT2D eigenvalue weighted by Gasteiger charge is 2.35. The van der Waals surface area contributed by atoms with Gasteiger partial charge in [0.1, 0.15) is 18.3 Å². The van der Waals surface area contributed by atoms with Crippen LogP contribution in [-0.4, -0.2) is 42.7 Å². The Hall–Kier alpha value is -4.60. The first-order valence-electron chi connectivity index (χ1n) is 10.7. The number of hydrogen-bond donors (Lipinski definition) is 1. The fraction of sp³-hybridized carbons (Fsp3) is 0.167. The third-order valence-electron chi connectivity index (χ3n) is 5.58. The van der Waals surface area contributed by atoms with Crippen LogP contribution < -0.4 is 5.73 Å². The molecule has 2 aromatic heterocycles. The summed E-state index contributed by atoms with van der Waals surface area (Å²) in [7, 11) is 0. The number of furan rings is 1. The Morgan fingerprint density at radius 2 is 1.79 bits per heavy atom. The van der Waals surface area contributed by atoms with Gasteiger partial charge >= 0.3 is 0 Å². The summed E-state index contributed by atoms with van der Waals surface area (Å²) >= 11 is 0. The molecule has 10 heteroatoms. The zero-order valence-corrected chi connectivity index (χ0v) is 18.3. The van der Waals surface area contributed by atoms with Crippen molar-refractivity contribution in [1.82, 2.24) is 25.2 Å². The van der Waals surface area contributed by atoms with Gasteiger partial charge in [0.2, 0.25) is 11.7 Å². The molecule has 1 unspecified atom stereocenters. The Kier molecular flexibility index (Phi) is 5.46. The van der Waals surface area contributed by atoms with E-state index in [0.29, 0.717) is 29.1 Å². The maximum absolute atomic E-state index is 13.2. The smallest absolute Gasteiger partial charge is 0.267 e. The van der Waals surface area contributed by atoms with Crippen LogP contribution in [0.5, 0.6) is 0 Å². The van der Waals surface area contributed by atoms with Crippen molar-refractivity contribution in [2.75, 3.05) is 0 Å². The summed E-state index contributed by atoms with van der Waals surface area (Å²) < 4.78 is 5.59. The summed E-state index contributed by atoms with van der Waals surface area (Å²) in [5.74, 6) is 0.172. The summed E-state index contributed by atoms with van der Waals surface area (Å²) in [6.45, 7) is 1.88. The van der Waals surface area contributed by atoms with Gasteiger partial charge < -0.3 is 10.2 Å². The number of aromatic nitrogens is 4. The molecule has 170 valence electrons. The number of carbonyl (C=O) groups excluding carboxylic acids is 2. The van der Waals surface area contributed by atoms with E-state index in [0.717, 1.165) is 16.8 Å². The van der Waals surface area contributed by atoms with Crippen molar-refractivity contribution < 1.29 is 14.0 Å². The number of hydrogen-bond acceptors (Lipinski definition) is 7. The van der Waals surface area contributed by atoms with Crippen LogP contribution in [0.15, 0.2) is 76.4 Å². The molecule has 0 saturated carbocycles. The van der Waals surface area contributed by atoms with Crippen LogP contribution in [-0.2, 0) is 11.3 Å². The van der Waals surface area contributed by atoms with Gasteiger partial charge in [-0.05, 0) is 42.0 Å². The Bertz CT molecular complexity index is 1360. The summed E-state index contributed by atoms with van der Waals surface area (Å²) in [4.78, 5) is 25.7. The van der Waals surface area contributed by atoms with Crippen molar-refractivity contribution in [1.29, 1.82) is 0 Å². The second-order valence-corrected chi connectivity index (χ2v) is 7.97. The third-order valence-corrected chi connectivity index (χ3v) is 5.58. The molecule has 2 amide bonds. The number of primary amides is 1. The molecule has 2 N–H and O–H groups in total. The first-order valence-corrected chi connectivity index (χ1v) is 10.7. The lowest BCUT2D eigenvalue weighted by molar-refractivity contribution is -0.134. The van der Waals surface area contributed by atoms with Crippen molar-refractivity contribution in [2.45, 2.75) is 25.9 Å². The number of nitrogens with two attached hydrogens (primary N) is 1. The average molecular weight is 455 g/mol. The normalized spacial score (nSPS) is 15.4. The number of hydrazone groups is 1. The maximum atomic E-state index is 13.2. The molecule has 0 bridgehead atoms. The van der Waals surface area contributed by atoms with E-state index in [2.05, 4.69) is 20.5 Å². The molecule has 1 aliphatic rings. The number of carbonyl (C=O) groups is 2. The van der Waals surface area contributed by atoms with Gasteiger partial charge in [-0.1, -0.05) is 42.0 Å². The summed E-state index contributed by atoms with van der Waals surface area (Å²) in [6.07, 6.45) is 2.11. The van der Waals surface area contributed by atoms with E-state index in [1.807, 2.05) is 37.3 Å². The van der Waals surface area contributed by atoms with E-state index < -0.39 is 5.91 Å². The highest BCUT2D eigenvalue weighted by molar-refractivity contribution is 6.03. The number of aryl methyl sites for hydroxylation is 1. The van der Waals surface area contributed by atoms with Crippen LogP contribution in [0.2, 0.25) is 0 Å². The molecular formula is C24H21N7O3. The Morgan fingerprint density at radius 3 is 2.47 bits per heavy atom. The van der Waals surface area contributed by atoms with Gasteiger partial charge in [-0.2, -0.15) is 9.90 Å². The molecule has 1 aliphatic heterocycles. The van der Waals surface area contributed by atoms with Crippen LogP contribution in [0.4, 0.5) is 0 Å². The molecule has 5 rings (SSSR count).